The molecule has 5 heteroatoms. The summed E-state index contributed by atoms with van der Waals surface area (Å²) in [7, 11) is -0.993. The first kappa shape index (κ1) is 25.8. The van der Waals surface area contributed by atoms with Crippen LogP contribution in [-0.2, 0) is 13.9 Å². The zero-order valence-corrected chi connectivity index (χ0v) is 20.7. The molecule has 0 aromatic heterocycles. The normalized spacial score (nSPS) is 14.5. The summed E-state index contributed by atoms with van der Waals surface area (Å²) >= 11 is 0. The molecule has 0 aliphatic heterocycles. The van der Waals surface area contributed by atoms with E-state index in [4.69, 9.17) is 13.9 Å². The van der Waals surface area contributed by atoms with Crippen LogP contribution in [0.3, 0.4) is 0 Å². The van der Waals surface area contributed by atoms with Crippen molar-refractivity contribution in [3.05, 3.63) is 23.8 Å². The van der Waals surface area contributed by atoms with E-state index in [1.807, 2.05) is 0 Å². The third kappa shape index (κ3) is 10.8. The van der Waals surface area contributed by atoms with Gasteiger partial charge in [-0.25, -0.2) is 0 Å². The predicted molar refractivity (Wildman–Crippen MR) is 120 cm³/mol. The van der Waals surface area contributed by atoms with Crippen LogP contribution in [0.15, 0.2) is 23.8 Å². The quantitative estimate of drug-likeness (QED) is 0.134. The molecule has 0 radical (unpaired) electrons. The third-order valence-electron chi connectivity index (χ3n) is 5.02. The number of allylic oxidation sites excluding steroid dienone is 1. The lowest BCUT2D eigenvalue weighted by atomic mass is 10.1. The van der Waals surface area contributed by atoms with Crippen LogP contribution in [0.2, 0.25) is 43.8 Å². The Balaban J connectivity index is 4.66. The van der Waals surface area contributed by atoms with Crippen molar-refractivity contribution in [1.82, 2.24) is 0 Å². The summed E-state index contributed by atoms with van der Waals surface area (Å²) in [6, 6.07) is 4.74. The fraction of sp³-hybridized carbons (Fsp3) is 0.810. The van der Waals surface area contributed by atoms with Crippen molar-refractivity contribution in [3.8, 4) is 0 Å². The predicted octanol–water partition coefficient (Wildman–Crippen LogP) is 6.62. The molecule has 154 valence electrons. The Hall–Kier alpha value is -0.206. The minimum Gasteiger partial charge on any atom is -0.417 e. The van der Waals surface area contributed by atoms with E-state index in [-0.39, 0.29) is 6.10 Å². The number of methoxy groups -OCH3 is 1. The molecule has 0 aromatic rings. The third-order valence-corrected chi connectivity index (χ3v) is 11.2. The number of rotatable bonds is 15. The highest BCUT2D eigenvalue weighted by molar-refractivity contribution is 6.76. The molecule has 0 rings (SSSR count). The van der Waals surface area contributed by atoms with Gasteiger partial charge in [0.05, 0.1) is 6.10 Å². The van der Waals surface area contributed by atoms with Gasteiger partial charge in [0.25, 0.3) is 0 Å². The van der Waals surface area contributed by atoms with Crippen molar-refractivity contribution >= 4 is 16.4 Å². The smallest absolute Gasteiger partial charge is 0.191 e. The van der Waals surface area contributed by atoms with E-state index in [1.54, 1.807) is 7.11 Å². The van der Waals surface area contributed by atoms with E-state index in [1.165, 1.54) is 29.3 Å². The molecule has 0 amide bonds. The Morgan fingerprint density at radius 3 is 2.12 bits per heavy atom. The summed E-state index contributed by atoms with van der Waals surface area (Å²) in [5, 5.41) is 0. The molecule has 3 nitrogen and oxygen atoms in total. The van der Waals surface area contributed by atoms with Crippen molar-refractivity contribution in [1.29, 1.82) is 0 Å². The molecule has 0 saturated heterocycles. The van der Waals surface area contributed by atoms with E-state index in [0.29, 0.717) is 6.79 Å². The number of hydrogen-bond acceptors (Lipinski definition) is 3. The minimum atomic E-state index is -1.45. The van der Waals surface area contributed by atoms with Gasteiger partial charge in [-0.15, -0.1) is 0 Å². The lowest BCUT2D eigenvalue weighted by molar-refractivity contribution is -0.0444. The number of hydrogen-bond donors (Lipinski definition) is 0. The van der Waals surface area contributed by atoms with E-state index >= 15 is 0 Å². The largest absolute Gasteiger partial charge is 0.417 e. The van der Waals surface area contributed by atoms with Crippen LogP contribution >= 0.6 is 0 Å². The van der Waals surface area contributed by atoms with Crippen LogP contribution in [0.1, 0.15) is 40.5 Å². The van der Waals surface area contributed by atoms with Gasteiger partial charge in [-0.3, -0.25) is 0 Å². The molecule has 0 saturated carbocycles. The molecule has 0 aliphatic carbocycles. The Labute approximate surface area is 165 Å². The maximum Gasteiger partial charge on any atom is 0.191 e. The Bertz CT molecular complexity index is 415. The van der Waals surface area contributed by atoms with Gasteiger partial charge in [-0.1, -0.05) is 58.6 Å². The minimum absolute atomic E-state index is 0.0435. The molecule has 1 unspecified atom stereocenters. The Kier molecular flexibility index (Phi) is 12.9. The van der Waals surface area contributed by atoms with Gasteiger partial charge < -0.3 is 13.9 Å². The first-order valence-corrected chi connectivity index (χ1v) is 16.5. The lowest BCUT2D eigenvalue weighted by Crippen LogP contribution is -2.36. The maximum absolute atomic E-state index is 6.36. The van der Waals surface area contributed by atoms with Gasteiger partial charge in [0.2, 0.25) is 0 Å². The van der Waals surface area contributed by atoms with Crippen LogP contribution in [-0.4, -0.2) is 43.0 Å². The topological polar surface area (TPSA) is 27.7 Å². The zero-order valence-electron chi connectivity index (χ0n) is 18.7. The van der Waals surface area contributed by atoms with Gasteiger partial charge in [0.1, 0.15) is 6.79 Å². The second-order valence-electron chi connectivity index (χ2n) is 8.60. The zero-order chi connectivity index (χ0) is 20.2. The fourth-order valence-electron chi connectivity index (χ4n) is 3.24. The van der Waals surface area contributed by atoms with Crippen LogP contribution in [0.25, 0.3) is 0 Å². The average Bonchev–Trinajstić information content (AvgIpc) is 2.57. The van der Waals surface area contributed by atoms with E-state index < -0.39 is 16.4 Å². The fourth-order valence-corrected chi connectivity index (χ4v) is 7.50. The van der Waals surface area contributed by atoms with Crippen molar-refractivity contribution in [2.24, 2.45) is 0 Å². The summed E-state index contributed by atoms with van der Waals surface area (Å²) in [6.07, 6.45) is 4.31. The average molecular weight is 401 g/mol. The summed E-state index contributed by atoms with van der Waals surface area (Å²) in [6.45, 7) is 21.6. The van der Waals surface area contributed by atoms with Crippen molar-refractivity contribution in [2.45, 2.75) is 90.5 Å². The SMILES string of the molecule is C=C(C[Si](C)(C)C)C(/C=C(\C)CCCO[Si](CC)(CC)CC)OCOC. The molecule has 0 fully saturated rings. The second-order valence-corrected chi connectivity index (χ2v) is 18.8. The van der Waals surface area contributed by atoms with Gasteiger partial charge in [0, 0.05) is 21.8 Å². The van der Waals surface area contributed by atoms with Gasteiger partial charge >= 0.3 is 0 Å². The van der Waals surface area contributed by atoms with E-state index in [0.717, 1.165) is 25.5 Å². The van der Waals surface area contributed by atoms with Crippen molar-refractivity contribution < 1.29 is 13.9 Å². The van der Waals surface area contributed by atoms with Crippen molar-refractivity contribution in [3.63, 3.8) is 0 Å². The summed E-state index contributed by atoms with van der Waals surface area (Å²) < 4.78 is 17.4. The standard InChI is InChI=1S/C21H44O3Si2/c1-10-26(11-2,12-3)24-15-13-14-19(4)16-21(23-18-22-6)20(5)17-25(7,8)9/h16,21H,5,10-15,17-18H2,1-4,6-9H3/b19-16+. The molecule has 0 heterocycles. The highest BCUT2D eigenvalue weighted by atomic mass is 28.4. The summed E-state index contributed by atoms with van der Waals surface area (Å²) in [5.41, 5.74) is 2.52. The molecule has 1 atom stereocenters. The first-order chi connectivity index (χ1) is 12.1. The van der Waals surface area contributed by atoms with Gasteiger partial charge in [0.15, 0.2) is 8.32 Å². The van der Waals surface area contributed by atoms with E-state index in [9.17, 15) is 0 Å². The molecular formula is C21H44O3Si2. The molecular weight excluding hydrogens is 356 g/mol. The van der Waals surface area contributed by atoms with Crippen LogP contribution in [0.5, 0.6) is 0 Å². The van der Waals surface area contributed by atoms with Crippen molar-refractivity contribution in [2.75, 3.05) is 20.5 Å². The molecule has 0 aliphatic rings. The summed E-state index contributed by atoms with van der Waals surface area (Å²) in [4.78, 5) is 0. The number of ether oxygens (including phenoxy) is 2. The first-order valence-electron chi connectivity index (χ1n) is 10.2. The van der Waals surface area contributed by atoms with Crippen LogP contribution in [0.4, 0.5) is 0 Å². The molecule has 0 N–H and O–H groups in total. The maximum atomic E-state index is 6.36. The van der Waals surface area contributed by atoms with Gasteiger partial charge in [-0.05, 0) is 49.5 Å². The lowest BCUT2D eigenvalue weighted by Gasteiger charge is -2.28. The molecule has 0 aromatic carbocycles. The highest BCUT2D eigenvalue weighted by Crippen LogP contribution is 2.24. The molecule has 0 bridgehead atoms. The van der Waals surface area contributed by atoms with Gasteiger partial charge in [-0.2, -0.15) is 0 Å². The molecule has 26 heavy (non-hydrogen) atoms. The second kappa shape index (κ2) is 13.1. The Morgan fingerprint density at radius 1 is 1.08 bits per heavy atom. The monoisotopic (exact) mass is 400 g/mol. The van der Waals surface area contributed by atoms with E-state index in [2.05, 4.69) is 60.0 Å². The highest BCUT2D eigenvalue weighted by Gasteiger charge is 2.28. The van der Waals surface area contributed by atoms with Crippen LogP contribution in [0, 0.1) is 0 Å². The Morgan fingerprint density at radius 2 is 1.65 bits per heavy atom. The summed E-state index contributed by atoms with van der Waals surface area (Å²) in [5.74, 6) is 0. The molecule has 0 spiro atoms. The van der Waals surface area contributed by atoms with Crippen LogP contribution < -0.4 is 0 Å².